The molecule has 136 valence electrons. The number of carboxylic acid groups (broad SMARTS) is 1. The van der Waals surface area contributed by atoms with Crippen molar-refractivity contribution in [1.82, 2.24) is 4.90 Å². The van der Waals surface area contributed by atoms with Gasteiger partial charge in [0.25, 0.3) is 5.91 Å². The zero-order chi connectivity index (χ0) is 18.4. The van der Waals surface area contributed by atoms with Gasteiger partial charge in [0.15, 0.2) is 0 Å². The van der Waals surface area contributed by atoms with Crippen LogP contribution in [-0.2, 0) is 16.1 Å². The lowest BCUT2D eigenvalue weighted by Gasteiger charge is -2.34. The summed E-state index contributed by atoms with van der Waals surface area (Å²) in [6.07, 6.45) is -0.116. The fraction of sp³-hybridized carbons (Fsp3) is 0.300. The van der Waals surface area contributed by atoms with Crippen LogP contribution < -0.4 is 4.74 Å². The number of para-hydroxylation sites is 1. The molecule has 1 amide bonds. The summed E-state index contributed by atoms with van der Waals surface area (Å²) in [5, 5.41) is 9.02. The molecule has 1 atom stereocenters. The van der Waals surface area contributed by atoms with Crippen molar-refractivity contribution in [2.24, 2.45) is 0 Å². The van der Waals surface area contributed by atoms with E-state index in [0.29, 0.717) is 25.3 Å². The van der Waals surface area contributed by atoms with Crippen LogP contribution >= 0.6 is 0 Å². The summed E-state index contributed by atoms with van der Waals surface area (Å²) in [5.41, 5.74) is 1.49. The van der Waals surface area contributed by atoms with E-state index in [0.717, 1.165) is 11.3 Å². The molecule has 1 saturated heterocycles. The second-order valence-corrected chi connectivity index (χ2v) is 6.12. The molecule has 0 spiro atoms. The number of benzene rings is 2. The van der Waals surface area contributed by atoms with Gasteiger partial charge in [-0.3, -0.25) is 9.59 Å². The monoisotopic (exact) mass is 355 g/mol. The van der Waals surface area contributed by atoms with Gasteiger partial charge in [-0.1, -0.05) is 30.3 Å². The zero-order valence-corrected chi connectivity index (χ0v) is 14.3. The first-order valence-corrected chi connectivity index (χ1v) is 8.51. The number of hydrogen-bond acceptors (Lipinski definition) is 4. The molecule has 3 rings (SSSR count). The molecule has 1 aliphatic heterocycles. The van der Waals surface area contributed by atoms with Crippen molar-refractivity contribution in [3.05, 3.63) is 65.7 Å². The average molecular weight is 355 g/mol. The number of nitrogens with zero attached hydrogens (tertiary/aromatic N) is 1. The third-order valence-corrected chi connectivity index (χ3v) is 4.25. The Balaban J connectivity index is 1.63. The van der Waals surface area contributed by atoms with Gasteiger partial charge in [-0.2, -0.15) is 0 Å². The van der Waals surface area contributed by atoms with Crippen molar-refractivity contribution in [2.45, 2.75) is 19.1 Å². The van der Waals surface area contributed by atoms with Crippen LogP contribution in [-0.4, -0.2) is 47.7 Å². The summed E-state index contributed by atoms with van der Waals surface area (Å²) < 4.78 is 11.0. The van der Waals surface area contributed by atoms with Gasteiger partial charge < -0.3 is 19.5 Å². The average Bonchev–Trinajstić information content (AvgIpc) is 2.67. The fourth-order valence-electron chi connectivity index (χ4n) is 2.89. The number of carbonyl (C=O) groups is 2. The van der Waals surface area contributed by atoms with Gasteiger partial charge in [0.2, 0.25) is 0 Å². The minimum Gasteiger partial charge on any atom is -0.489 e. The maximum Gasteiger partial charge on any atom is 0.305 e. The first-order chi connectivity index (χ1) is 12.6. The minimum absolute atomic E-state index is 0.116. The molecule has 0 aliphatic carbocycles. The number of carbonyl (C=O) groups excluding carboxylic acids is 1. The van der Waals surface area contributed by atoms with Crippen LogP contribution in [0.15, 0.2) is 54.6 Å². The summed E-state index contributed by atoms with van der Waals surface area (Å²) in [7, 11) is 0. The van der Waals surface area contributed by atoms with Crippen LogP contribution in [0.1, 0.15) is 22.3 Å². The lowest BCUT2D eigenvalue weighted by atomic mass is 10.1. The largest absolute Gasteiger partial charge is 0.489 e. The van der Waals surface area contributed by atoms with Gasteiger partial charge in [-0.25, -0.2) is 0 Å². The Kier molecular flexibility index (Phi) is 5.86. The van der Waals surface area contributed by atoms with E-state index in [1.807, 2.05) is 42.5 Å². The third kappa shape index (κ3) is 4.61. The molecule has 1 fully saturated rings. The van der Waals surface area contributed by atoms with Gasteiger partial charge in [-0.15, -0.1) is 0 Å². The van der Waals surface area contributed by atoms with E-state index >= 15 is 0 Å². The Morgan fingerprint density at radius 3 is 2.54 bits per heavy atom. The van der Waals surface area contributed by atoms with Crippen molar-refractivity contribution >= 4 is 11.9 Å². The Morgan fingerprint density at radius 2 is 1.85 bits per heavy atom. The molecule has 6 heteroatoms. The van der Waals surface area contributed by atoms with Crippen LogP contribution in [0, 0.1) is 0 Å². The summed E-state index contributed by atoms with van der Waals surface area (Å²) in [6.45, 7) is 1.49. The van der Waals surface area contributed by atoms with Crippen LogP contribution in [0.5, 0.6) is 5.75 Å². The fourth-order valence-corrected chi connectivity index (χ4v) is 2.89. The van der Waals surface area contributed by atoms with Gasteiger partial charge >= 0.3 is 5.97 Å². The van der Waals surface area contributed by atoms with Crippen LogP contribution in [0.25, 0.3) is 0 Å². The highest BCUT2D eigenvalue weighted by atomic mass is 16.5. The summed E-state index contributed by atoms with van der Waals surface area (Å²) in [4.78, 5) is 25.3. The molecule has 1 heterocycles. The van der Waals surface area contributed by atoms with Crippen LogP contribution in [0.4, 0.5) is 0 Å². The van der Waals surface area contributed by atoms with E-state index in [4.69, 9.17) is 14.6 Å². The predicted octanol–water partition coefficient (Wildman–Crippen LogP) is 2.58. The molecule has 0 unspecified atom stereocenters. The second kappa shape index (κ2) is 8.49. The summed E-state index contributed by atoms with van der Waals surface area (Å²) in [5.74, 6) is -0.320. The molecule has 0 aromatic heterocycles. The number of amides is 1. The van der Waals surface area contributed by atoms with Crippen LogP contribution in [0.2, 0.25) is 0 Å². The molecule has 2 aromatic rings. The number of aliphatic carboxylic acids is 1. The highest BCUT2D eigenvalue weighted by molar-refractivity contribution is 5.94. The van der Waals surface area contributed by atoms with E-state index in [2.05, 4.69) is 0 Å². The maximum absolute atomic E-state index is 12.7. The number of morpholine rings is 1. The molecule has 2 aromatic carbocycles. The second-order valence-electron chi connectivity index (χ2n) is 6.12. The molecular weight excluding hydrogens is 334 g/mol. The Bertz CT molecular complexity index is 745. The Hall–Kier alpha value is -2.86. The number of hydrogen-bond donors (Lipinski definition) is 1. The number of rotatable bonds is 6. The van der Waals surface area contributed by atoms with Gasteiger partial charge in [0.1, 0.15) is 12.4 Å². The minimum atomic E-state index is -0.938. The van der Waals surface area contributed by atoms with Gasteiger partial charge in [-0.05, 0) is 29.8 Å². The zero-order valence-electron chi connectivity index (χ0n) is 14.3. The van der Waals surface area contributed by atoms with E-state index in [1.54, 1.807) is 17.0 Å². The molecule has 0 bridgehead atoms. The van der Waals surface area contributed by atoms with Crippen LogP contribution in [0.3, 0.4) is 0 Å². The molecular formula is C20H21NO5. The summed E-state index contributed by atoms with van der Waals surface area (Å²) in [6, 6.07) is 16.3. The van der Waals surface area contributed by atoms with Crippen molar-refractivity contribution < 1.29 is 24.2 Å². The first kappa shape index (κ1) is 17.9. The Labute approximate surface area is 152 Å². The van der Waals surface area contributed by atoms with Crippen molar-refractivity contribution in [1.29, 1.82) is 0 Å². The molecule has 1 aliphatic rings. The molecule has 26 heavy (non-hydrogen) atoms. The maximum atomic E-state index is 12.7. The Morgan fingerprint density at radius 1 is 1.12 bits per heavy atom. The smallest absolute Gasteiger partial charge is 0.305 e. The standard InChI is InChI=1S/C20H21NO5/c22-19(23)12-17-14-25-11-10-21(17)20(24)16-8-6-15(7-9-16)13-26-18-4-2-1-3-5-18/h1-9,17H,10-14H2,(H,22,23)/t17-/m1/s1. The number of carboxylic acids is 1. The lowest BCUT2D eigenvalue weighted by Crippen LogP contribution is -2.49. The third-order valence-electron chi connectivity index (χ3n) is 4.25. The normalized spacial score (nSPS) is 16.9. The first-order valence-electron chi connectivity index (χ1n) is 8.51. The van der Waals surface area contributed by atoms with Crippen molar-refractivity contribution in [2.75, 3.05) is 19.8 Å². The lowest BCUT2D eigenvalue weighted by molar-refractivity contribution is -0.139. The molecule has 0 saturated carbocycles. The van der Waals surface area contributed by atoms with E-state index in [-0.39, 0.29) is 18.9 Å². The molecule has 6 nitrogen and oxygen atoms in total. The summed E-state index contributed by atoms with van der Waals surface area (Å²) >= 11 is 0. The highest BCUT2D eigenvalue weighted by Crippen LogP contribution is 2.17. The molecule has 1 N–H and O–H groups in total. The molecule has 0 radical (unpaired) electrons. The SMILES string of the molecule is O=C(O)C[C@@H]1COCCN1C(=O)c1ccc(COc2ccccc2)cc1. The van der Waals surface area contributed by atoms with E-state index in [9.17, 15) is 9.59 Å². The van der Waals surface area contributed by atoms with Crippen molar-refractivity contribution in [3.8, 4) is 5.75 Å². The van der Waals surface area contributed by atoms with Crippen molar-refractivity contribution in [3.63, 3.8) is 0 Å². The van der Waals surface area contributed by atoms with E-state index in [1.165, 1.54) is 0 Å². The van der Waals surface area contributed by atoms with E-state index < -0.39 is 12.0 Å². The number of ether oxygens (including phenoxy) is 2. The topological polar surface area (TPSA) is 76.1 Å². The predicted molar refractivity (Wildman–Crippen MR) is 95.1 cm³/mol. The van der Waals surface area contributed by atoms with Gasteiger partial charge in [0.05, 0.1) is 25.7 Å². The quantitative estimate of drug-likeness (QED) is 0.862. The van der Waals surface area contributed by atoms with Gasteiger partial charge in [0, 0.05) is 12.1 Å². The highest BCUT2D eigenvalue weighted by Gasteiger charge is 2.29.